The highest BCUT2D eigenvalue weighted by Gasteiger charge is 2.34. The lowest BCUT2D eigenvalue weighted by Gasteiger charge is -2.35. The zero-order valence-electron chi connectivity index (χ0n) is 19.5. The molecule has 0 aromatic heterocycles. The number of carbonyl (C=O) groups excluding carboxylic acids is 2. The summed E-state index contributed by atoms with van der Waals surface area (Å²) in [5, 5.41) is 5.80. The van der Waals surface area contributed by atoms with Crippen LogP contribution in [0, 0.1) is 5.92 Å². The van der Waals surface area contributed by atoms with Crippen LogP contribution in [0.15, 0.2) is 65.9 Å². The van der Waals surface area contributed by atoms with Crippen LogP contribution in [0.2, 0.25) is 0 Å². The van der Waals surface area contributed by atoms with Crippen LogP contribution in [0.4, 0.5) is 4.79 Å². The Hall–Kier alpha value is -3.12. The fraction of sp³-hybridized carbons (Fsp3) is 0.407. The zero-order valence-corrected chi connectivity index (χ0v) is 19.5. The minimum absolute atomic E-state index is 0.291. The van der Waals surface area contributed by atoms with Crippen molar-refractivity contribution in [3.63, 3.8) is 0 Å². The molecule has 0 aliphatic carbocycles. The summed E-state index contributed by atoms with van der Waals surface area (Å²) in [6, 6.07) is 17.8. The average molecular weight is 448 g/mol. The third-order valence-electron chi connectivity index (χ3n) is 6.74. The predicted octanol–water partition coefficient (Wildman–Crippen LogP) is 3.98. The van der Waals surface area contributed by atoms with E-state index in [2.05, 4.69) is 52.8 Å². The first-order valence-corrected chi connectivity index (χ1v) is 11.8. The first-order chi connectivity index (χ1) is 16.1. The highest BCUT2D eigenvalue weighted by atomic mass is 16.5. The van der Waals surface area contributed by atoms with E-state index >= 15 is 0 Å². The number of rotatable bonds is 7. The van der Waals surface area contributed by atoms with E-state index in [0.717, 1.165) is 44.3 Å². The number of nitrogens with one attached hydrogen (secondary N) is 2. The molecule has 1 atom stereocenters. The Morgan fingerprint density at radius 2 is 1.73 bits per heavy atom. The Morgan fingerprint density at radius 3 is 2.36 bits per heavy atom. The number of carbonyl (C=O) groups is 2. The molecule has 1 saturated heterocycles. The number of nitrogens with zero attached hydrogens (tertiary/aromatic N) is 1. The van der Waals surface area contributed by atoms with Crippen LogP contribution < -0.4 is 10.6 Å². The van der Waals surface area contributed by atoms with Gasteiger partial charge in [-0.1, -0.05) is 61.5 Å². The molecule has 2 aliphatic rings. The molecule has 2 aliphatic heterocycles. The predicted molar refractivity (Wildman–Crippen MR) is 129 cm³/mol. The summed E-state index contributed by atoms with van der Waals surface area (Å²) in [4.78, 5) is 27.6. The van der Waals surface area contributed by atoms with Crippen LogP contribution in [0.5, 0.6) is 0 Å². The van der Waals surface area contributed by atoms with E-state index in [1.54, 1.807) is 0 Å². The van der Waals surface area contributed by atoms with Crippen LogP contribution in [-0.4, -0.2) is 43.6 Å². The second-order valence-electron chi connectivity index (χ2n) is 8.92. The van der Waals surface area contributed by atoms with Crippen LogP contribution in [-0.2, 0) is 22.4 Å². The van der Waals surface area contributed by atoms with E-state index in [9.17, 15) is 9.59 Å². The molecule has 0 saturated carbocycles. The Kier molecular flexibility index (Phi) is 7.45. The third kappa shape index (κ3) is 5.63. The molecule has 2 N–H and O–H groups in total. The van der Waals surface area contributed by atoms with E-state index in [-0.39, 0.29) is 6.03 Å². The molecule has 2 aromatic carbocycles. The van der Waals surface area contributed by atoms with Gasteiger partial charge in [-0.2, -0.15) is 0 Å². The van der Waals surface area contributed by atoms with Gasteiger partial charge in [0.25, 0.3) is 0 Å². The lowest BCUT2D eigenvalue weighted by atomic mass is 9.89. The van der Waals surface area contributed by atoms with Gasteiger partial charge in [-0.15, -0.1) is 0 Å². The summed E-state index contributed by atoms with van der Waals surface area (Å²) in [5.41, 5.74) is 4.58. The van der Waals surface area contributed by atoms with Gasteiger partial charge in [-0.3, -0.25) is 4.90 Å². The molecule has 0 unspecified atom stereocenters. The van der Waals surface area contributed by atoms with Gasteiger partial charge in [0.1, 0.15) is 0 Å². The van der Waals surface area contributed by atoms with Crippen molar-refractivity contribution in [1.29, 1.82) is 0 Å². The number of piperidine rings is 1. The number of likely N-dealkylation sites (tertiary alicyclic amines) is 1. The normalized spacial score (nSPS) is 19.7. The van der Waals surface area contributed by atoms with E-state index < -0.39 is 12.0 Å². The second kappa shape index (κ2) is 10.7. The van der Waals surface area contributed by atoms with Crippen LogP contribution in [0.1, 0.15) is 42.5 Å². The van der Waals surface area contributed by atoms with Crippen molar-refractivity contribution < 1.29 is 14.3 Å². The minimum atomic E-state index is -0.525. The Labute approximate surface area is 196 Å². The third-order valence-corrected chi connectivity index (χ3v) is 6.74. The Morgan fingerprint density at radius 1 is 1.03 bits per heavy atom. The van der Waals surface area contributed by atoms with Gasteiger partial charge in [-0.25, -0.2) is 9.59 Å². The topological polar surface area (TPSA) is 70.7 Å². The Bertz CT molecular complexity index is 993. The summed E-state index contributed by atoms with van der Waals surface area (Å²) >= 11 is 0. The van der Waals surface area contributed by atoms with Crippen molar-refractivity contribution in [2.24, 2.45) is 5.92 Å². The fourth-order valence-corrected chi connectivity index (χ4v) is 4.81. The highest BCUT2D eigenvalue weighted by molar-refractivity contribution is 5.95. The molecule has 0 bridgehead atoms. The monoisotopic (exact) mass is 447 g/mol. The molecule has 0 spiro atoms. The fourth-order valence-electron chi connectivity index (χ4n) is 4.81. The van der Waals surface area contributed by atoms with Crippen LogP contribution in [0.3, 0.4) is 0 Å². The van der Waals surface area contributed by atoms with Crippen LogP contribution in [0.25, 0.3) is 0 Å². The van der Waals surface area contributed by atoms with E-state index in [1.807, 2.05) is 24.3 Å². The number of esters is 1. The molecule has 174 valence electrons. The van der Waals surface area contributed by atoms with Gasteiger partial charge in [0, 0.05) is 12.2 Å². The van der Waals surface area contributed by atoms with Crippen LogP contribution >= 0.6 is 0 Å². The molecular weight excluding hydrogens is 414 g/mol. The summed E-state index contributed by atoms with van der Waals surface area (Å²) in [6.45, 7) is 4.50. The molecule has 0 radical (unpaired) electrons. The van der Waals surface area contributed by atoms with Crippen molar-refractivity contribution in [1.82, 2.24) is 15.5 Å². The van der Waals surface area contributed by atoms with E-state index in [4.69, 9.17) is 4.74 Å². The quantitative estimate of drug-likeness (QED) is 0.630. The van der Waals surface area contributed by atoms with Gasteiger partial charge >= 0.3 is 12.0 Å². The maximum atomic E-state index is 12.8. The smallest absolute Gasteiger partial charge is 0.338 e. The number of amides is 2. The van der Waals surface area contributed by atoms with Crippen molar-refractivity contribution >= 4 is 12.0 Å². The minimum Gasteiger partial charge on any atom is -0.466 e. The van der Waals surface area contributed by atoms with Crippen molar-refractivity contribution in [3.8, 4) is 0 Å². The van der Waals surface area contributed by atoms with Crippen molar-refractivity contribution in [2.75, 3.05) is 26.7 Å². The van der Waals surface area contributed by atoms with Crippen molar-refractivity contribution in [2.45, 2.75) is 38.6 Å². The number of benzene rings is 2. The van der Waals surface area contributed by atoms with Crippen molar-refractivity contribution in [3.05, 3.63) is 82.6 Å². The number of hydrogen-bond acceptors (Lipinski definition) is 4. The highest BCUT2D eigenvalue weighted by Crippen LogP contribution is 2.29. The van der Waals surface area contributed by atoms with Gasteiger partial charge < -0.3 is 15.4 Å². The first kappa shape index (κ1) is 23.1. The molecule has 2 aromatic rings. The molecule has 4 rings (SSSR count). The molecule has 2 amide bonds. The summed E-state index contributed by atoms with van der Waals surface area (Å²) in [7, 11) is 1.38. The largest absolute Gasteiger partial charge is 0.466 e. The average Bonchev–Trinajstić information content (AvgIpc) is 2.85. The van der Waals surface area contributed by atoms with Gasteiger partial charge in [0.15, 0.2) is 0 Å². The van der Waals surface area contributed by atoms with Gasteiger partial charge in [-0.05, 0) is 61.4 Å². The molecule has 6 nitrogen and oxygen atoms in total. The molecule has 6 heteroatoms. The zero-order chi connectivity index (χ0) is 23.2. The summed E-state index contributed by atoms with van der Waals surface area (Å²) in [6.07, 6.45) is 4.24. The molecular formula is C27H33N3O3. The van der Waals surface area contributed by atoms with E-state index in [0.29, 0.717) is 23.7 Å². The lowest BCUT2D eigenvalue weighted by Crippen LogP contribution is -2.49. The second-order valence-corrected chi connectivity index (χ2v) is 8.92. The van der Waals surface area contributed by atoms with E-state index in [1.165, 1.54) is 18.2 Å². The summed E-state index contributed by atoms with van der Waals surface area (Å²) in [5.74, 6) is 0.242. The number of aryl methyl sites for hydroxylation is 1. The lowest BCUT2D eigenvalue weighted by molar-refractivity contribution is -0.136. The standard InChI is InChI=1S/C27H33N3O3/c1-3-19-9-11-22(12-10-19)25-24(26(31)33-2)23(28-27(32)29-25)18-30-15-13-21(14-16-30)17-20-7-5-4-6-8-20/h4-12,21,25H,3,13-18H2,1-2H3,(H2,28,29,32)/t25-/m1/s1. The molecule has 1 fully saturated rings. The number of hydrogen-bond donors (Lipinski definition) is 2. The number of methoxy groups -OCH3 is 1. The SMILES string of the molecule is CCc1ccc([C@H]2NC(=O)NC(CN3CCC(Cc4ccccc4)CC3)=C2C(=O)OC)cc1. The summed E-state index contributed by atoms with van der Waals surface area (Å²) < 4.78 is 5.12. The first-order valence-electron chi connectivity index (χ1n) is 11.8. The molecule has 2 heterocycles. The van der Waals surface area contributed by atoms with Gasteiger partial charge in [0.05, 0.1) is 18.7 Å². The Balaban J connectivity index is 1.49. The maximum absolute atomic E-state index is 12.8. The number of ether oxygens (including phenoxy) is 1. The van der Waals surface area contributed by atoms with Gasteiger partial charge in [0.2, 0.25) is 0 Å². The number of urea groups is 1. The molecule has 33 heavy (non-hydrogen) atoms. The maximum Gasteiger partial charge on any atom is 0.338 e.